The molecule has 3 aliphatic heterocycles. The molecule has 228 valence electrons. The standard InChI is InChI=1S/C35H38N4O4S/c40-44(41,22-18-29-13-8-12-28-11-4-5-14-31(28)29)38-20-16-30(17-21-38)34-37-33(32-15-6-7-19-36-32)24-39(34)35(25-42-26-43-35)23-27-9-2-1-3-10-27/h1-15,19,24,30,34,37H,16-18,20-23,25-26H2. The SMILES string of the molecule is O=S(=O)(CCc1cccc2ccccc12)N1CCC(C2NC(c3ccccn3)=CN2C2(Cc3ccccc3)COCO2)CC1. The number of hydrogen-bond acceptors (Lipinski definition) is 7. The van der Waals surface area contributed by atoms with E-state index in [0.29, 0.717) is 32.5 Å². The lowest BCUT2D eigenvalue weighted by Crippen LogP contribution is -2.58. The number of sulfonamides is 1. The van der Waals surface area contributed by atoms with Gasteiger partial charge in [0.25, 0.3) is 0 Å². The smallest absolute Gasteiger partial charge is 0.214 e. The maximum Gasteiger partial charge on any atom is 0.214 e. The number of hydrogen-bond donors (Lipinski definition) is 1. The van der Waals surface area contributed by atoms with Crippen LogP contribution in [0.1, 0.15) is 29.7 Å². The first-order chi connectivity index (χ1) is 21.5. The Kier molecular flexibility index (Phi) is 8.12. The number of ether oxygens (including phenoxy) is 2. The molecular weight excluding hydrogens is 572 g/mol. The van der Waals surface area contributed by atoms with Crippen LogP contribution < -0.4 is 5.32 Å². The molecule has 0 radical (unpaired) electrons. The second kappa shape index (κ2) is 12.3. The third kappa shape index (κ3) is 5.85. The number of nitrogens with zero attached hydrogens (tertiary/aromatic N) is 3. The summed E-state index contributed by atoms with van der Waals surface area (Å²) >= 11 is 0. The highest BCUT2D eigenvalue weighted by atomic mass is 32.2. The molecule has 4 aromatic rings. The van der Waals surface area contributed by atoms with Crippen LogP contribution in [0.3, 0.4) is 0 Å². The lowest BCUT2D eigenvalue weighted by atomic mass is 9.92. The molecule has 1 aromatic heterocycles. The van der Waals surface area contributed by atoms with Gasteiger partial charge in [0, 0.05) is 37.8 Å². The minimum absolute atomic E-state index is 0.0852. The van der Waals surface area contributed by atoms with Crippen molar-refractivity contribution in [3.8, 4) is 0 Å². The molecule has 3 aromatic carbocycles. The number of aromatic nitrogens is 1. The molecule has 7 rings (SSSR count). The number of fused-ring (bicyclic) bond motifs is 1. The van der Waals surface area contributed by atoms with Gasteiger partial charge in [-0.3, -0.25) is 4.98 Å². The molecule has 0 amide bonds. The van der Waals surface area contributed by atoms with Gasteiger partial charge in [0.15, 0.2) is 5.72 Å². The predicted molar refractivity (Wildman–Crippen MR) is 171 cm³/mol. The fraction of sp³-hybridized carbons (Fsp3) is 0.343. The highest BCUT2D eigenvalue weighted by molar-refractivity contribution is 7.89. The molecule has 0 aliphatic carbocycles. The van der Waals surface area contributed by atoms with E-state index in [1.54, 1.807) is 10.5 Å². The summed E-state index contributed by atoms with van der Waals surface area (Å²) in [5, 5.41) is 6.01. The van der Waals surface area contributed by atoms with E-state index < -0.39 is 15.7 Å². The summed E-state index contributed by atoms with van der Waals surface area (Å²) in [4.78, 5) is 6.88. The molecule has 2 atom stereocenters. The molecule has 4 heterocycles. The average Bonchev–Trinajstić information content (AvgIpc) is 3.74. The van der Waals surface area contributed by atoms with Crippen molar-refractivity contribution >= 4 is 26.5 Å². The molecule has 2 unspecified atom stereocenters. The third-order valence-corrected chi connectivity index (χ3v) is 11.1. The number of rotatable bonds is 9. The number of aryl methyl sites for hydroxylation is 1. The zero-order valence-corrected chi connectivity index (χ0v) is 25.5. The van der Waals surface area contributed by atoms with E-state index >= 15 is 0 Å². The first-order valence-electron chi connectivity index (χ1n) is 15.4. The minimum atomic E-state index is -3.40. The summed E-state index contributed by atoms with van der Waals surface area (Å²) in [5.41, 5.74) is 3.36. The monoisotopic (exact) mass is 610 g/mol. The predicted octanol–water partition coefficient (Wildman–Crippen LogP) is 4.99. The van der Waals surface area contributed by atoms with Crippen LogP contribution in [0.15, 0.2) is 103 Å². The molecule has 0 saturated carbocycles. The van der Waals surface area contributed by atoms with Gasteiger partial charge in [-0.1, -0.05) is 78.9 Å². The maximum atomic E-state index is 13.5. The molecule has 44 heavy (non-hydrogen) atoms. The Bertz CT molecular complexity index is 1710. The molecular formula is C35H38N4O4S. The Morgan fingerprint density at radius 3 is 2.45 bits per heavy atom. The largest absolute Gasteiger partial charge is 0.362 e. The molecule has 3 aliphatic rings. The van der Waals surface area contributed by atoms with Gasteiger partial charge in [0.1, 0.15) is 13.0 Å². The van der Waals surface area contributed by atoms with Crippen LogP contribution in [0.25, 0.3) is 16.5 Å². The van der Waals surface area contributed by atoms with Crippen LogP contribution in [-0.4, -0.2) is 66.7 Å². The quantitative estimate of drug-likeness (QED) is 0.286. The molecule has 9 heteroatoms. The van der Waals surface area contributed by atoms with E-state index in [1.807, 2.05) is 60.7 Å². The normalized spacial score (nSPS) is 23.1. The van der Waals surface area contributed by atoms with Crippen LogP contribution in [0.5, 0.6) is 0 Å². The molecule has 1 N–H and O–H groups in total. The topological polar surface area (TPSA) is 84.0 Å². The van der Waals surface area contributed by atoms with Crippen LogP contribution in [0.4, 0.5) is 0 Å². The second-order valence-electron chi connectivity index (χ2n) is 11.9. The average molecular weight is 611 g/mol. The summed E-state index contributed by atoms with van der Waals surface area (Å²) in [6, 6.07) is 30.5. The van der Waals surface area contributed by atoms with Gasteiger partial charge >= 0.3 is 0 Å². The van der Waals surface area contributed by atoms with Crippen molar-refractivity contribution in [1.29, 1.82) is 0 Å². The van der Waals surface area contributed by atoms with E-state index in [-0.39, 0.29) is 24.6 Å². The molecule has 2 fully saturated rings. The Hall–Kier alpha value is -3.76. The molecule has 0 bridgehead atoms. The number of pyridine rings is 1. The van der Waals surface area contributed by atoms with Gasteiger partial charge in [-0.05, 0) is 53.3 Å². The zero-order valence-electron chi connectivity index (χ0n) is 24.7. The van der Waals surface area contributed by atoms with Crippen molar-refractivity contribution in [1.82, 2.24) is 19.5 Å². The zero-order chi connectivity index (χ0) is 30.0. The third-order valence-electron chi connectivity index (χ3n) is 9.19. The van der Waals surface area contributed by atoms with Crippen molar-refractivity contribution in [3.63, 3.8) is 0 Å². The van der Waals surface area contributed by atoms with Gasteiger partial charge in [-0.25, -0.2) is 12.7 Å². The highest BCUT2D eigenvalue weighted by Crippen LogP contribution is 2.39. The Labute approximate surface area is 259 Å². The van der Waals surface area contributed by atoms with Crippen LogP contribution in [0.2, 0.25) is 0 Å². The minimum Gasteiger partial charge on any atom is -0.362 e. The summed E-state index contributed by atoms with van der Waals surface area (Å²) in [7, 11) is -3.40. The van der Waals surface area contributed by atoms with Crippen molar-refractivity contribution < 1.29 is 17.9 Å². The number of benzene rings is 3. The van der Waals surface area contributed by atoms with Crippen molar-refractivity contribution in [2.45, 2.75) is 37.6 Å². The van der Waals surface area contributed by atoms with Crippen molar-refractivity contribution in [2.24, 2.45) is 5.92 Å². The second-order valence-corrected chi connectivity index (χ2v) is 14.0. The van der Waals surface area contributed by atoms with E-state index in [4.69, 9.17) is 9.47 Å². The van der Waals surface area contributed by atoms with Gasteiger partial charge in [0.05, 0.1) is 23.8 Å². The molecule has 8 nitrogen and oxygen atoms in total. The Morgan fingerprint density at radius 2 is 1.68 bits per heavy atom. The lowest BCUT2D eigenvalue weighted by Gasteiger charge is -2.45. The van der Waals surface area contributed by atoms with Gasteiger partial charge in [-0.15, -0.1) is 0 Å². The van der Waals surface area contributed by atoms with Crippen LogP contribution in [-0.2, 0) is 32.3 Å². The number of piperidine rings is 1. The van der Waals surface area contributed by atoms with Crippen molar-refractivity contribution in [3.05, 3.63) is 120 Å². The molecule has 2 saturated heterocycles. The highest BCUT2D eigenvalue weighted by Gasteiger charge is 2.49. The van der Waals surface area contributed by atoms with Crippen molar-refractivity contribution in [2.75, 3.05) is 32.2 Å². The summed E-state index contributed by atoms with van der Waals surface area (Å²) in [6.07, 6.45) is 6.49. The van der Waals surface area contributed by atoms with Gasteiger partial charge < -0.3 is 19.7 Å². The Morgan fingerprint density at radius 1 is 0.909 bits per heavy atom. The summed E-state index contributed by atoms with van der Waals surface area (Å²) < 4.78 is 41.0. The van der Waals surface area contributed by atoms with E-state index in [0.717, 1.165) is 40.6 Å². The van der Waals surface area contributed by atoms with E-state index in [9.17, 15) is 8.42 Å². The number of nitrogens with one attached hydrogen (secondary N) is 1. The lowest BCUT2D eigenvalue weighted by molar-refractivity contribution is -0.119. The first kappa shape index (κ1) is 29.0. The summed E-state index contributed by atoms with van der Waals surface area (Å²) in [6.45, 7) is 1.66. The fourth-order valence-electron chi connectivity index (χ4n) is 6.86. The van der Waals surface area contributed by atoms with E-state index in [1.165, 1.54) is 5.56 Å². The van der Waals surface area contributed by atoms with E-state index in [2.05, 4.69) is 51.7 Å². The van der Waals surface area contributed by atoms with Crippen LogP contribution >= 0.6 is 0 Å². The van der Waals surface area contributed by atoms with Crippen LogP contribution in [0, 0.1) is 5.92 Å². The first-order valence-corrected chi connectivity index (χ1v) is 17.0. The summed E-state index contributed by atoms with van der Waals surface area (Å²) in [5.74, 6) is 0.310. The van der Waals surface area contributed by atoms with Gasteiger partial charge in [0.2, 0.25) is 10.0 Å². The molecule has 0 spiro atoms. The van der Waals surface area contributed by atoms with Gasteiger partial charge in [-0.2, -0.15) is 0 Å². The fourth-order valence-corrected chi connectivity index (χ4v) is 8.37. The maximum absolute atomic E-state index is 13.5. The Balaban J connectivity index is 1.08.